The summed E-state index contributed by atoms with van der Waals surface area (Å²) in [7, 11) is 0. The van der Waals surface area contributed by atoms with Crippen LogP contribution < -0.4 is 5.73 Å². The Morgan fingerprint density at radius 2 is 1.37 bits per heavy atom. The fraction of sp³-hybridized carbons (Fsp3) is 0.750. The number of nitrogens with two attached hydrogens (primary N) is 1. The van der Waals surface area contributed by atoms with E-state index in [1.165, 1.54) is 51.0 Å². The molecular weight excluding hydrogens is 238 g/mol. The molecule has 0 radical (unpaired) electrons. The van der Waals surface area contributed by atoms with Crippen LogP contribution in [0.3, 0.4) is 0 Å². The summed E-state index contributed by atoms with van der Waals surface area (Å²) in [6, 6.07) is 0. The quantitative estimate of drug-likeness (QED) is 0.430. The van der Waals surface area contributed by atoms with Crippen LogP contribution in [0, 0.1) is 0 Å². The third kappa shape index (κ3) is 11.7. The molecule has 1 amide bonds. The van der Waals surface area contributed by atoms with Crippen molar-refractivity contribution in [3.05, 3.63) is 11.6 Å². The summed E-state index contributed by atoms with van der Waals surface area (Å²) in [5, 5.41) is 0. The van der Waals surface area contributed by atoms with E-state index in [9.17, 15) is 9.59 Å². The van der Waals surface area contributed by atoms with Gasteiger partial charge in [-0.1, -0.05) is 58.3 Å². The zero-order valence-electron chi connectivity index (χ0n) is 12.5. The Morgan fingerprint density at radius 1 is 0.895 bits per heavy atom. The van der Waals surface area contributed by atoms with Gasteiger partial charge in [0, 0.05) is 12.0 Å². The van der Waals surface area contributed by atoms with Gasteiger partial charge in [-0.3, -0.25) is 9.59 Å². The molecule has 0 aromatic rings. The number of amides is 1. The van der Waals surface area contributed by atoms with Gasteiger partial charge in [0.15, 0.2) is 5.78 Å². The Kier molecular flexibility index (Phi) is 11.2. The van der Waals surface area contributed by atoms with Gasteiger partial charge in [-0.25, -0.2) is 0 Å². The monoisotopic (exact) mass is 267 g/mol. The lowest BCUT2D eigenvalue weighted by Gasteiger charge is -2.01. The molecule has 0 saturated carbocycles. The number of carbonyl (C=O) groups is 2. The van der Waals surface area contributed by atoms with Crippen molar-refractivity contribution in [3.8, 4) is 0 Å². The summed E-state index contributed by atoms with van der Waals surface area (Å²) >= 11 is 0. The molecule has 0 aliphatic carbocycles. The average molecular weight is 267 g/mol. The van der Waals surface area contributed by atoms with E-state index in [-0.39, 0.29) is 5.78 Å². The first-order chi connectivity index (χ1) is 9.07. The molecule has 3 heteroatoms. The van der Waals surface area contributed by atoms with Gasteiger partial charge in [0.1, 0.15) is 0 Å². The van der Waals surface area contributed by atoms with Crippen molar-refractivity contribution in [2.45, 2.75) is 78.1 Å². The molecule has 0 atom stereocenters. The Bertz CT molecular complexity index is 295. The first-order valence-electron chi connectivity index (χ1n) is 7.58. The van der Waals surface area contributed by atoms with Gasteiger partial charge in [0.25, 0.3) is 0 Å². The Morgan fingerprint density at radius 3 is 1.84 bits per heavy atom. The number of rotatable bonds is 12. The second kappa shape index (κ2) is 11.9. The molecule has 0 heterocycles. The van der Waals surface area contributed by atoms with Crippen LogP contribution in [-0.4, -0.2) is 11.7 Å². The Labute approximate surface area is 117 Å². The maximum absolute atomic E-state index is 11.5. The molecule has 0 rings (SSSR count). The molecule has 0 fully saturated rings. The highest BCUT2D eigenvalue weighted by atomic mass is 16.1. The van der Waals surface area contributed by atoms with Crippen LogP contribution in [0.4, 0.5) is 0 Å². The summed E-state index contributed by atoms with van der Waals surface area (Å²) in [6.45, 7) is 3.81. The SMILES string of the molecule is CCCCCCCCCCCC(=O)C=C(C)C(N)=O. The molecule has 19 heavy (non-hydrogen) atoms. The van der Waals surface area contributed by atoms with E-state index in [1.807, 2.05) is 0 Å². The molecule has 0 unspecified atom stereocenters. The lowest BCUT2D eigenvalue weighted by molar-refractivity contribution is -0.117. The zero-order chi connectivity index (χ0) is 14.5. The molecular formula is C16H29NO2. The minimum atomic E-state index is -0.513. The number of hydrogen-bond acceptors (Lipinski definition) is 2. The standard InChI is InChI=1S/C16H29NO2/c1-3-4-5-6-7-8-9-10-11-12-15(18)13-14(2)16(17)19/h13H,3-12H2,1-2H3,(H2,17,19). The number of unbranched alkanes of at least 4 members (excludes halogenated alkanes) is 8. The summed E-state index contributed by atoms with van der Waals surface area (Å²) < 4.78 is 0. The molecule has 0 aliphatic heterocycles. The molecule has 0 aromatic heterocycles. The predicted octanol–water partition coefficient (Wildman–Crippen LogP) is 3.91. The van der Waals surface area contributed by atoms with Gasteiger partial charge >= 0.3 is 0 Å². The van der Waals surface area contributed by atoms with E-state index in [0.29, 0.717) is 12.0 Å². The fourth-order valence-electron chi connectivity index (χ4n) is 1.99. The molecule has 0 aliphatic rings. The van der Waals surface area contributed by atoms with Gasteiger partial charge in [0.2, 0.25) is 5.91 Å². The normalized spacial score (nSPS) is 11.6. The minimum absolute atomic E-state index is 0.0132. The third-order valence-corrected chi connectivity index (χ3v) is 3.29. The summed E-state index contributed by atoms with van der Waals surface area (Å²) in [6.07, 6.45) is 13.0. The van der Waals surface area contributed by atoms with E-state index in [0.717, 1.165) is 12.8 Å². The van der Waals surface area contributed by atoms with Gasteiger partial charge in [-0.15, -0.1) is 0 Å². The number of hydrogen-bond donors (Lipinski definition) is 1. The maximum atomic E-state index is 11.5. The van der Waals surface area contributed by atoms with Crippen molar-refractivity contribution in [2.24, 2.45) is 5.73 Å². The van der Waals surface area contributed by atoms with Gasteiger partial charge < -0.3 is 5.73 Å². The van der Waals surface area contributed by atoms with E-state index in [4.69, 9.17) is 5.73 Å². The van der Waals surface area contributed by atoms with Crippen molar-refractivity contribution in [1.29, 1.82) is 0 Å². The summed E-state index contributed by atoms with van der Waals surface area (Å²) in [4.78, 5) is 22.2. The Hall–Kier alpha value is -1.12. The third-order valence-electron chi connectivity index (χ3n) is 3.29. The highest BCUT2D eigenvalue weighted by molar-refractivity contribution is 6.00. The fourth-order valence-corrected chi connectivity index (χ4v) is 1.99. The van der Waals surface area contributed by atoms with Gasteiger partial charge in [-0.2, -0.15) is 0 Å². The highest BCUT2D eigenvalue weighted by Gasteiger charge is 2.02. The van der Waals surface area contributed by atoms with Crippen LogP contribution in [0.5, 0.6) is 0 Å². The van der Waals surface area contributed by atoms with E-state index < -0.39 is 5.91 Å². The van der Waals surface area contributed by atoms with Crippen molar-refractivity contribution < 1.29 is 9.59 Å². The Balaban J connectivity index is 3.42. The van der Waals surface area contributed by atoms with Crippen LogP contribution in [0.2, 0.25) is 0 Å². The van der Waals surface area contributed by atoms with Crippen LogP contribution in [0.15, 0.2) is 11.6 Å². The zero-order valence-corrected chi connectivity index (χ0v) is 12.5. The number of carbonyl (C=O) groups excluding carboxylic acids is 2. The van der Waals surface area contributed by atoms with Crippen LogP contribution in [-0.2, 0) is 9.59 Å². The highest BCUT2D eigenvalue weighted by Crippen LogP contribution is 2.10. The number of allylic oxidation sites excluding steroid dienone is 1. The largest absolute Gasteiger partial charge is 0.366 e. The lowest BCUT2D eigenvalue weighted by atomic mass is 10.0. The molecule has 0 bridgehead atoms. The summed E-state index contributed by atoms with van der Waals surface area (Å²) in [5.74, 6) is -0.500. The molecule has 3 nitrogen and oxygen atoms in total. The summed E-state index contributed by atoms with van der Waals surface area (Å²) in [5.41, 5.74) is 5.42. The second-order valence-corrected chi connectivity index (χ2v) is 5.24. The molecule has 110 valence electrons. The van der Waals surface area contributed by atoms with Crippen molar-refractivity contribution in [1.82, 2.24) is 0 Å². The van der Waals surface area contributed by atoms with Crippen LogP contribution in [0.25, 0.3) is 0 Å². The molecule has 2 N–H and O–H groups in total. The topological polar surface area (TPSA) is 60.2 Å². The lowest BCUT2D eigenvalue weighted by Crippen LogP contribution is -2.12. The van der Waals surface area contributed by atoms with Crippen molar-refractivity contribution in [2.75, 3.05) is 0 Å². The van der Waals surface area contributed by atoms with Gasteiger partial charge in [-0.05, 0) is 19.4 Å². The maximum Gasteiger partial charge on any atom is 0.244 e. The van der Waals surface area contributed by atoms with Crippen molar-refractivity contribution in [3.63, 3.8) is 0 Å². The van der Waals surface area contributed by atoms with E-state index in [1.54, 1.807) is 6.92 Å². The van der Waals surface area contributed by atoms with Gasteiger partial charge in [0.05, 0.1) is 0 Å². The van der Waals surface area contributed by atoms with Crippen molar-refractivity contribution >= 4 is 11.7 Å². The first kappa shape index (κ1) is 17.9. The smallest absolute Gasteiger partial charge is 0.244 e. The van der Waals surface area contributed by atoms with E-state index >= 15 is 0 Å². The number of primary amides is 1. The number of ketones is 1. The first-order valence-corrected chi connectivity index (χ1v) is 7.58. The van der Waals surface area contributed by atoms with E-state index in [2.05, 4.69) is 6.92 Å². The molecule has 0 spiro atoms. The molecule has 0 saturated heterocycles. The predicted molar refractivity (Wildman–Crippen MR) is 79.8 cm³/mol. The second-order valence-electron chi connectivity index (χ2n) is 5.24. The van der Waals surface area contributed by atoms with Crippen LogP contribution >= 0.6 is 0 Å². The molecule has 0 aromatic carbocycles. The average Bonchev–Trinajstić information content (AvgIpc) is 2.36. The van der Waals surface area contributed by atoms with Crippen LogP contribution in [0.1, 0.15) is 78.1 Å². The minimum Gasteiger partial charge on any atom is -0.366 e.